The van der Waals surface area contributed by atoms with E-state index in [4.69, 9.17) is 0 Å². The number of benzene rings is 1. The molecule has 0 saturated heterocycles. The SMILES string of the molecule is CNc1ccccc1S(=O)(=O)N(C)C(C)(C)CO. The smallest absolute Gasteiger partial charge is 0.245 e. The van der Waals surface area contributed by atoms with E-state index in [1.165, 1.54) is 11.4 Å². The average Bonchev–Trinajstić information content (AvgIpc) is 2.37. The van der Waals surface area contributed by atoms with Crippen LogP contribution in [-0.2, 0) is 10.0 Å². The van der Waals surface area contributed by atoms with E-state index in [9.17, 15) is 13.5 Å². The lowest BCUT2D eigenvalue weighted by atomic mass is 10.1. The maximum atomic E-state index is 12.5. The lowest BCUT2D eigenvalue weighted by Crippen LogP contribution is -2.47. The summed E-state index contributed by atoms with van der Waals surface area (Å²) in [7, 11) is -0.498. The zero-order chi connectivity index (χ0) is 14.0. The Kier molecular flexibility index (Phi) is 4.37. The number of aliphatic hydroxyl groups excluding tert-OH is 1. The third-order valence-corrected chi connectivity index (χ3v) is 5.16. The summed E-state index contributed by atoms with van der Waals surface area (Å²) in [4.78, 5) is 0.205. The van der Waals surface area contributed by atoms with Crippen molar-refractivity contribution in [1.82, 2.24) is 4.31 Å². The predicted octanol–water partition coefficient (Wildman–Crippen LogP) is 1.12. The molecule has 1 rings (SSSR count). The number of hydrogen-bond donors (Lipinski definition) is 2. The minimum atomic E-state index is -3.64. The minimum absolute atomic E-state index is 0.205. The number of rotatable bonds is 5. The van der Waals surface area contributed by atoms with Crippen molar-refractivity contribution in [3.63, 3.8) is 0 Å². The largest absolute Gasteiger partial charge is 0.394 e. The van der Waals surface area contributed by atoms with E-state index in [0.29, 0.717) is 5.69 Å². The van der Waals surface area contributed by atoms with Gasteiger partial charge in [-0.05, 0) is 26.0 Å². The molecule has 0 radical (unpaired) electrons. The Morgan fingerprint density at radius 2 is 1.89 bits per heavy atom. The van der Waals surface area contributed by atoms with Crippen LogP contribution in [0.15, 0.2) is 29.2 Å². The fourth-order valence-corrected chi connectivity index (χ4v) is 3.17. The summed E-state index contributed by atoms with van der Waals surface area (Å²) in [6, 6.07) is 6.69. The van der Waals surface area contributed by atoms with Gasteiger partial charge in [0.2, 0.25) is 10.0 Å². The zero-order valence-electron chi connectivity index (χ0n) is 11.1. The van der Waals surface area contributed by atoms with Crippen LogP contribution in [0.3, 0.4) is 0 Å². The van der Waals surface area contributed by atoms with E-state index < -0.39 is 15.6 Å². The molecule has 1 aromatic rings. The fraction of sp³-hybridized carbons (Fsp3) is 0.500. The van der Waals surface area contributed by atoms with Gasteiger partial charge in [-0.1, -0.05) is 12.1 Å². The van der Waals surface area contributed by atoms with Crippen molar-refractivity contribution in [2.24, 2.45) is 0 Å². The molecular formula is C12H20N2O3S. The second-order valence-corrected chi connectivity index (χ2v) is 6.63. The van der Waals surface area contributed by atoms with Crippen LogP contribution in [0.2, 0.25) is 0 Å². The third kappa shape index (κ3) is 2.66. The van der Waals surface area contributed by atoms with Crippen LogP contribution < -0.4 is 5.32 Å². The van der Waals surface area contributed by atoms with Gasteiger partial charge in [-0.2, -0.15) is 4.31 Å². The highest BCUT2D eigenvalue weighted by Crippen LogP contribution is 2.27. The van der Waals surface area contributed by atoms with Crippen molar-refractivity contribution in [1.29, 1.82) is 0 Å². The molecule has 0 unspecified atom stereocenters. The van der Waals surface area contributed by atoms with E-state index >= 15 is 0 Å². The first-order valence-electron chi connectivity index (χ1n) is 5.64. The minimum Gasteiger partial charge on any atom is -0.394 e. The number of hydrogen-bond acceptors (Lipinski definition) is 4. The van der Waals surface area contributed by atoms with E-state index in [-0.39, 0.29) is 11.5 Å². The molecule has 0 aromatic heterocycles. The van der Waals surface area contributed by atoms with E-state index in [0.717, 1.165) is 0 Å². The lowest BCUT2D eigenvalue weighted by Gasteiger charge is -2.33. The molecule has 0 saturated carbocycles. The van der Waals surface area contributed by atoms with Gasteiger partial charge in [-0.3, -0.25) is 0 Å². The highest BCUT2D eigenvalue weighted by molar-refractivity contribution is 7.89. The first-order chi connectivity index (χ1) is 8.27. The molecule has 1 aromatic carbocycles. The van der Waals surface area contributed by atoms with Crippen molar-refractivity contribution in [2.45, 2.75) is 24.3 Å². The van der Waals surface area contributed by atoms with Gasteiger partial charge in [0.05, 0.1) is 17.8 Å². The monoisotopic (exact) mass is 272 g/mol. The normalized spacial score (nSPS) is 12.8. The van der Waals surface area contributed by atoms with Crippen LogP contribution in [0.5, 0.6) is 0 Å². The Morgan fingerprint density at radius 3 is 2.39 bits per heavy atom. The molecule has 18 heavy (non-hydrogen) atoms. The number of likely N-dealkylation sites (N-methyl/N-ethyl adjacent to an activating group) is 1. The van der Waals surface area contributed by atoms with Crippen molar-refractivity contribution < 1.29 is 13.5 Å². The number of anilines is 1. The predicted molar refractivity (Wildman–Crippen MR) is 72.1 cm³/mol. The third-order valence-electron chi connectivity index (χ3n) is 3.03. The Morgan fingerprint density at radius 1 is 1.33 bits per heavy atom. The summed E-state index contributed by atoms with van der Waals surface area (Å²) in [5, 5.41) is 12.1. The molecule has 5 nitrogen and oxygen atoms in total. The van der Waals surface area contributed by atoms with Crippen LogP contribution in [0, 0.1) is 0 Å². The fourth-order valence-electron chi connectivity index (χ4n) is 1.47. The van der Waals surface area contributed by atoms with E-state index in [1.54, 1.807) is 45.2 Å². The van der Waals surface area contributed by atoms with Crippen LogP contribution in [0.25, 0.3) is 0 Å². The number of aliphatic hydroxyl groups is 1. The maximum Gasteiger partial charge on any atom is 0.245 e. The van der Waals surface area contributed by atoms with Crippen molar-refractivity contribution >= 4 is 15.7 Å². The number of sulfonamides is 1. The first-order valence-corrected chi connectivity index (χ1v) is 7.08. The van der Waals surface area contributed by atoms with Gasteiger partial charge < -0.3 is 10.4 Å². The second-order valence-electron chi connectivity index (χ2n) is 4.69. The summed E-state index contributed by atoms with van der Waals surface area (Å²) < 4.78 is 26.2. The molecule has 0 atom stereocenters. The first kappa shape index (κ1) is 14.9. The zero-order valence-corrected chi connectivity index (χ0v) is 12.0. The van der Waals surface area contributed by atoms with Crippen LogP contribution in [-0.4, -0.2) is 44.1 Å². The molecule has 2 N–H and O–H groups in total. The summed E-state index contributed by atoms with van der Waals surface area (Å²) >= 11 is 0. The molecule has 0 bridgehead atoms. The Hall–Kier alpha value is -1.11. The quantitative estimate of drug-likeness (QED) is 0.843. The van der Waals surface area contributed by atoms with Gasteiger partial charge in [-0.15, -0.1) is 0 Å². The Balaban J connectivity index is 3.30. The van der Waals surface area contributed by atoms with Crippen molar-refractivity contribution in [2.75, 3.05) is 26.0 Å². The van der Waals surface area contributed by atoms with Gasteiger partial charge in [0.15, 0.2) is 0 Å². The Labute approximate surface area is 108 Å². The van der Waals surface area contributed by atoms with E-state index in [1.807, 2.05) is 0 Å². The average molecular weight is 272 g/mol. The summed E-state index contributed by atoms with van der Waals surface area (Å²) in [5.74, 6) is 0. The van der Waals surface area contributed by atoms with Gasteiger partial charge in [0.1, 0.15) is 4.90 Å². The molecule has 0 spiro atoms. The van der Waals surface area contributed by atoms with Crippen LogP contribution >= 0.6 is 0 Å². The van der Waals surface area contributed by atoms with Gasteiger partial charge >= 0.3 is 0 Å². The number of nitrogens with one attached hydrogen (secondary N) is 1. The van der Waals surface area contributed by atoms with Gasteiger partial charge in [-0.25, -0.2) is 8.42 Å². The maximum absolute atomic E-state index is 12.5. The molecule has 0 aliphatic carbocycles. The number of nitrogens with zero attached hydrogens (tertiary/aromatic N) is 1. The molecule has 0 amide bonds. The summed E-state index contributed by atoms with van der Waals surface area (Å²) in [5.41, 5.74) is -0.308. The summed E-state index contributed by atoms with van der Waals surface area (Å²) in [6.07, 6.45) is 0. The highest BCUT2D eigenvalue weighted by atomic mass is 32.2. The summed E-state index contributed by atoms with van der Waals surface area (Å²) in [6.45, 7) is 3.10. The van der Waals surface area contributed by atoms with Crippen LogP contribution in [0.4, 0.5) is 5.69 Å². The topological polar surface area (TPSA) is 69.6 Å². The van der Waals surface area contributed by atoms with Crippen molar-refractivity contribution in [3.8, 4) is 0 Å². The van der Waals surface area contributed by atoms with E-state index in [2.05, 4.69) is 5.32 Å². The molecule has 0 aliphatic heterocycles. The standard InChI is InChI=1S/C12H20N2O3S/c1-12(2,9-15)14(4)18(16,17)11-8-6-5-7-10(11)13-3/h5-8,13,15H,9H2,1-4H3. The van der Waals surface area contributed by atoms with Gasteiger partial charge in [0.25, 0.3) is 0 Å². The van der Waals surface area contributed by atoms with Crippen LogP contribution in [0.1, 0.15) is 13.8 Å². The van der Waals surface area contributed by atoms with Gasteiger partial charge in [0, 0.05) is 14.1 Å². The van der Waals surface area contributed by atoms with Crippen molar-refractivity contribution in [3.05, 3.63) is 24.3 Å². The Bertz CT molecular complexity index is 512. The molecular weight excluding hydrogens is 252 g/mol. The lowest BCUT2D eigenvalue weighted by molar-refractivity contribution is 0.138. The highest BCUT2D eigenvalue weighted by Gasteiger charge is 2.34. The molecule has 102 valence electrons. The molecule has 0 heterocycles. The molecule has 6 heteroatoms. The number of para-hydroxylation sites is 1. The molecule has 0 fully saturated rings. The second kappa shape index (κ2) is 5.26. The molecule has 0 aliphatic rings.